The van der Waals surface area contributed by atoms with Crippen molar-refractivity contribution in [1.82, 2.24) is 0 Å². The molecule has 0 spiro atoms. The lowest BCUT2D eigenvalue weighted by Crippen LogP contribution is -2.10. The van der Waals surface area contributed by atoms with Crippen LogP contribution in [-0.4, -0.2) is 18.7 Å². The molecule has 2 aliphatic heterocycles. The highest BCUT2D eigenvalue weighted by molar-refractivity contribution is 6.14. The summed E-state index contributed by atoms with van der Waals surface area (Å²) in [6.07, 6.45) is 3.94. The maximum absolute atomic E-state index is 13.1. The van der Waals surface area contributed by atoms with Crippen LogP contribution < -0.4 is 14.2 Å². The van der Waals surface area contributed by atoms with Gasteiger partial charge in [0.2, 0.25) is 0 Å². The van der Waals surface area contributed by atoms with Crippen molar-refractivity contribution >= 4 is 11.6 Å². The summed E-state index contributed by atoms with van der Waals surface area (Å²) in [6.45, 7) is 1.71. The van der Waals surface area contributed by atoms with Gasteiger partial charge in [-0.3, -0.25) is 9.59 Å². The summed E-state index contributed by atoms with van der Waals surface area (Å²) in [4.78, 5) is 25.1. The Morgan fingerprint density at radius 2 is 2.00 bits per heavy atom. The molecule has 5 heteroatoms. The number of hydrogen-bond donors (Lipinski definition) is 0. The van der Waals surface area contributed by atoms with Crippen molar-refractivity contribution in [3.63, 3.8) is 0 Å². The molecule has 0 atom stereocenters. The van der Waals surface area contributed by atoms with Crippen LogP contribution in [0.4, 0.5) is 0 Å². The number of rotatable bonds is 2. The third kappa shape index (κ3) is 2.39. The van der Waals surface area contributed by atoms with Gasteiger partial charge in [0, 0.05) is 23.1 Å². The minimum Gasteiger partial charge on any atom is -0.497 e. The number of benzene rings is 2. The maximum Gasteiger partial charge on any atom is 0.197 e. The van der Waals surface area contributed by atoms with E-state index in [0.29, 0.717) is 40.4 Å². The van der Waals surface area contributed by atoms with Gasteiger partial charge in [-0.1, -0.05) is 0 Å². The Hall–Kier alpha value is -3.08. The van der Waals surface area contributed by atoms with Crippen molar-refractivity contribution < 1.29 is 23.8 Å². The van der Waals surface area contributed by atoms with Gasteiger partial charge in [0.15, 0.2) is 11.6 Å². The topological polar surface area (TPSA) is 61.8 Å². The zero-order valence-corrected chi connectivity index (χ0v) is 13.9. The van der Waals surface area contributed by atoms with Crippen LogP contribution in [0.3, 0.4) is 0 Å². The summed E-state index contributed by atoms with van der Waals surface area (Å²) in [5.74, 6) is 1.32. The number of ether oxygens (including phenoxy) is 3. The van der Waals surface area contributed by atoms with E-state index >= 15 is 0 Å². The van der Waals surface area contributed by atoms with Gasteiger partial charge < -0.3 is 14.2 Å². The van der Waals surface area contributed by atoms with Crippen molar-refractivity contribution in [3.8, 4) is 17.2 Å². The molecule has 2 heterocycles. The molecule has 0 bridgehead atoms. The molecule has 0 saturated carbocycles. The Morgan fingerprint density at radius 3 is 2.76 bits per heavy atom. The Morgan fingerprint density at radius 1 is 1.16 bits per heavy atom. The quantitative estimate of drug-likeness (QED) is 0.786. The first-order chi connectivity index (χ1) is 12.1. The van der Waals surface area contributed by atoms with Crippen LogP contribution in [0.15, 0.2) is 36.6 Å². The first-order valence-electron chi connectivity index (χ1n) is 7.97. The Kier molecular flexibility index (Phi) is 3.57. The number of Topliss-reactive ketones (excluding diaryl/α,β-unsaturated/α-hetero) is 1. The fraction of sp³-hybridized carbons (Fsp3) is 0.200. The first-order valence-corrected chi connectivity index (χ1v) is 7.97. The molecule has 4 rings (SSSR count). The van der Waals surface area contributed by atoms with E-state index in [1.54, 1.807) is 37.6 Å². The Balaban J connectivity index is 1.93. The number of methoxy groups -OCH3 is 1. The summed E-state index contributed by atoms with van der Waals surface area (Å²) >= 11 is 0. The van der Waals surface area contributed by atoms with E-state index in [0.717, 1.165) is 11.1 Å². The van der Waals surface area contributed by atoms with Gasteiger partial charge in [-0.05, 0) is 37.3 Å². The van der Waals surface area contributed by atoms with Crippen molar-refractivity contribution in [2.45, 2.75) is 20.0 Å². The number of ketones is 2. The van der Waals surface area contributed by atoms with E-state index in [1.165, 1.54) is 6.92 Å². The van der Waals surface area contributed by atoms with Crippen molar-refractivity contribution in [3.05, 3.63) is 64.4 Å². The van der Waals surface area contributed by atoms with Crippen LogP contribution in [0, 0.1) is 0 Å². The van der Waals surface area contributed by atoms with Gasteiger partial charge in [-0.2, -0.15) is 0 Å². The molecule has 0 radical (unpaired) electrons. The molecule has 2 aliphatic rings. The summed E-state index contributed by atoms with van der Waals surface area (Å²) in [5.41, 5.74) is 2.84. The van der Waals surface area contributed by atoms with Crippen LogP contribution in [-0.2, 0) is 13.0 Å². The summed E-state index contributed by atoms with van der Waals surface area (Å²) < 4.78 is 16.8. The van der Waals surface area contributed by atoms with E-state index < -0.39 is 0 Å². The van der Waals surface area contributed by atoms with Gasteiger partial charge in [-0.25, -0.2) is 0 Å². The second kappa shape index (κ2) is 5.77. The molecule has 0 N–H and O–H groups in total. The zero-order chi connectivity index (χ0) is 17.6. The van der Waals surface area contributed by atoms with Gasteiger partial charge in [0.1, 0.15) is 23.9 Å². The largest absolute Gasteiger partial charge is 0.497 e. The molecule has 2 aromatic rings. The third-order valence-electron chi connectivity index (χ3n) is 4.48. The Bertz CT molecular complexity index is 940. The first kappa shape index (κ1) is 15.4. The number of fused-ring (bicyclic) bond motifs is 4. The van der Waals surface area contributed by atoms with Crippen molar-refractivity contribution in [2.24, 2.45) is 0 Å². The van der Waals surface area contributed by atoms with Gasteiger partial charge in [0.25, 0.3) is 0 Å². The van der Waals surface area contributed by atoms with Crippen molar-refractivity contribution in [2.75, 3.05) is 7.11 Å². The molecule has 0 fully saturated rings. The lowest BCUT2D eigenvalue weighted by atomic mass is 9.92. The third-order valence-corrected chi connectivity index (χ3v) is 4.48. The van der Waals surface area contributed by atoms with Crippen molar-refractivity contribution in [1.29, 1.82) is 0 Å². The molecule has 0 aliphatic carbocycles. The maximum atomic E-state index is 13.1. The average Bonchev–Trinajstić information content (AvgIpc) is 2.77. The smallest absolute Gasteiger partial charge is 0.197 e. The molecule has 0 amide bonds. The van der Waals surface area contributed by atoms with Crippen LogP contribution >= 0.6 is 0 Å². The van der Waals surface area contributed by atoms with E-state index in [4.69, 9.17) is 14.2 Å². The molecule has 126 valence electrons. The highest BCUT2D eigenvalue weighted by atomic mass is 16.5. The fourth-order valence-electron chi connectivity index (χ4n) is 3.23. The molecule has 0 aromatic heterocycles. The van der Waals surface area contributed by atoms with Gasteiger partial charge in [0.05, 0.1) is 24.5 Å². The highest BCUT2D eigenvalue weighted by Crippen LogP contribution is 2.41. The minimum atomic E-state index is -0.162. The van der Waals surface area contributed by atoms with Crippen LogP contribution in [0.25, 0.3) is 0 Å². The molecular formula is C20H16O5. The SMILES string of the molecule is COc1ccc2c(c1)COc1c(cc(C(C)=O)c3c1CC=CO3)C2=O. The van der Waals surface area contributed by atoms with Crippen LogP contribution in [0.5, 0.6) is 17.2 Å². The second-order valence-electron chi connectivity index (χ2n) is 6.00. The second-order valence-corrected chi connectivity index (χ2v) is 6.00. The molecule has 0 saturated heterocycles. The van der Waals surface area contributed by atoms with Crippen LogP contribution in [0.1, 0.15) is 44.3 Å². The predicted molar refractivity (Wildman–Crippen MR) is 90.7 cm³/mol. The number of carbonyl (C=O) groups is 2. The lowest BCUT2D eigenvalue weighted by Gasteiger charge is -2.20. The standard InChI is InChI=1S/C20H16O5/c1-11(21)16-9-17-18(22)14-6-5-13(23-2)8-12(14)10-25-20(17)15-4-3-7-24-19(15)16/h3,5-9H,4,10H2,1-2H3. The molecule has 0 unspecified atom stereocenters. The average molecular weight is 336 g/mol. The fourth-order valence-corrected chi connectivity index (χ4v) is 3.23. The summed E-state index contributed by atoms with van der Waals surface area (Å²) in [6, 6.07) is 6.86. The molecule has 2 aromatic carbocycles. The highest BCUT2D eigenvalue weighted by Gasteiger charge is 2.30. The zero-order valence-electron chi connectivity index (χ0n) is 13.9. The number of carbonyl (C=O) groups excluding carboxylic acids is 2. The monoisotopic (exact) mass is 336 g/mol. The molecule has 5 nitrogen and oxygen atoms in total. The van der Waals surface area contributed by atoms with E-state index in [2.05, 4.69) is 0 Å². The van der Waals surface area contributed by atoms with E-state index in [9.17, 15) is 9.59 Å². The number of allylic oxidation sites excluding steroid dienone is 1. The lowest BCUT2D eigenvalue weighted by molar-refractivity contribution is 0.101. The van der Waals surface area contributed by atoms with Gasteiger partial charge >= 0.3 is 0 Å². The van der Waals surface area contributed by atoms with E-state index in [-0.39, 0.29) is 18.2 Å². The molecular weight excluding hydrogens is 320 g/mol. The predicted octanol–water partition coefficient (Wildman–Crippen LogP) is 3.47. The normalized spacial score (nSPS) is 14.4. The van der Waals surface area contributed by atoms with Crippen LogP contribution in [0.2, 0.25) is 0 Å². The van der Waals surface area contributed by atoms with Gasteiger partial charge in [-0.15, -0.1) is 0 Å². The van der Waals surface area contributed by atoms with E-state index in [1.807, 2.05) is 6.08 Å². The minimum absolute atomic E-state index is 0.152. The summed E-state index contributed by atoms with van der Waals surface area (Å²) in [7, 11) is 1.58. The number of hydrogen-bond acceptors (Lipinski definition) is 5. The molecule has 25 heavy (non-hydrogen) atoms. The Labute approximate surface area is 144 Å². The summed E-state index contributed by atoms with van der Waals surface area (Å²) in [5, 5.41) is 0.